The van der Waals surface area contributed by atoms with Gasteiger partial charge >= 0.3 is 0 Å². The lowest BCUT2D eigenvalue weighted by molar-refractivity contribution is 0.102. The van der Waals surface area contributed by atoms with Crippen LogP contribution in [0.2, 0.25) is 0 Å². The number of hydrogen-bond acceptors (Lipinski definition) is 5. The van der Waals surface area contributed by atoms with Crippen molar-refractivity contribution in [2.75, 3.05) is 5.32 Å². The summed E-state index contributed by atoms with van der Waals surface area (Å²) in [7, 11) is 0. The van der Waals surface area contributed by atoms with Crippen molar-refractivity contribution in [1.82, 2.24) is 19.6 Å². The highest BCUT2D eigenvalue weighted by Crippen LogP contribution is 2.40. The quantitative estimate of drug-likeness (QED) is 0.659. The zero-order chi connectivity index (χ0) is 20.5. The summed E-state index contributed by atoms with van der Waals surface area (Å²) >= 11 is 0. The van der Waals surface area contributed by atoms with E-state index in [1.54, 1.807) is 12.3 Å². The van der Waals surface area contributed by atoms with Crippen LogP contribution in [-0.4, -0.2) is 25.5 Å². The SMILES string of the molecule is CC(C)[C@H]1CC[C@H](c2nc(C(F)F)c(NC(=O)c3cnn4cccnc34)o2)CC1. The molecule has 0 unspecified atom stereocenters. The van der Waals surface area contributed by atoms with Gasteiger partial charge in [-0.25, -0.2) is 23.3 Å². The van der Waals surface area contributed by atoms with Crippen molar-refractivity contribution in [3.8, 4) is 0 Å². The Labute approximate surface area is 166 Å². The van der Waals surface area contributed by atoms with Gasteiger partial charge in [-0.1, -0.05) is 13.8 Å². The van der Waals surface area contributed by atoms with Crippen LogP contribution in [0, 0.1) is 11.8 Å². The lowest BCUT2D eigenvalue weighted by Crippen LogP contribution is -2.17. The van der Waals surface area contributed by atoms with Crippen molar-refractivity contribution in [3.63, 3.8) is 0 Å². The maximum absolute atomic E-state index is 13.5. The molecular weight excluding hydrogens is 380 g/mol. The largest absolute Gasteiger partial charge is 0.424 e. The minimum atomic E-state index is -2.85. The second-order valence-electron chi connectivity index (χ2n) is 7.82. The van der Waals surface area contributed by atoms with E-state index in [2.05, 4.69) is 34.2 Å². The van der Waals surface area contributed by atoms with Crippen LogP contribution in [0.1, 0.15) is 73.8 Å². The van der Waals surface area contributed by atoms with Crippen LogP contribution in [0.25, 0.3) is 5.65 Å². The number of rotatable bonds is 5. The molecule has 29 heavy (non-hydrogen) atoms. The number of amides is 1. The van der Waals surface area contributed by atoms with Crippen LogP contribution in [0.3, 0.4) is 0 Å². The van der Waals surface area contributed by atoms with Gasteiger partial charge in [0.05, 0.1) is 6.20 Å². The zero-order valence-electron chi connectivity index (χ0n) is 16.3. The second-order valence-corrected chi connectivity index (χ2v) is 7.82. The fraction of sp³-hybridized carbons (Fsp3) is 0.500. The molecule has 7 nitrogen and oxygen atoms in total. The molecule has 3 heterocycles. The van der Waals surface area contributed by atoms with Gasteiger partial charge in [0.25, 0.3) is 12.3 Å². The number of nitrogens with zero attached hydrogens (tertiary/aromatic N) is 4. The first kappa shape index (κ1) is 19.5. The molecule has 0 radical (unpaired) electrons. The summed E-state index contributed by atoms with van der Waals surface area (Å²) in [4.78, 5) is 20.8. The van der Waals surface area contributed by atoms with E-state index in [1.807, 2.05) is 0 Å². The number of oxazole rings is 1. The summed E-state index contributed by atoms with van der Waals surface area (Å²) in [5, 5.41) is 6.47. The standard InChI is InChI=1S/C20H23F2N5O2/c1-11(2)12-4-6-13(7-5-12)19-25-15(16(21)22)20(29-19)26-18(28)14-10-24-27-9-3-8-23-17(14)27/h3,8-13,16H,4-7H2,1-2H3,(H,26,28)/t12-,13-. The van der Waals surface area contributed by atoms with Crippen LogP contribution in [0.4, 0.5) is 14.7 Å². The highest BCUT2D eigenvalue weighted by Gasteiger charge is 2.31. The van der Waals surface area contributed by atoms with Crippen molar-refractivity contribution >= 4 is 17.4 Å². The van der Waals surface area contributed by atoms with Crippen molar-refractivity contribution in [3.05, 3.63) is 41.8 Å². The normalized spacial score (nSPS) is 19.9. The van der Waals surface area contributed by atoms with Crippen molar-refractivity contribution < 1.29 is 18.0 Å². The summed E-state index contributed by atoms with van der Waals surface area (Å²) in [5.74, 6) is 0.584. The Hall–Kier alpha value is -2.84. The van der Waals surface area contributed by atoms with E-state index >= 15 is 0 Å². The molecule has 3 aromatic heterocycles. The summed E-state index contributed by atoms with van der Waals surface area (Å²) in [5.41, 5.74) is -0.0414. The van der Waals surface area contributed by atoms with Gasteiger partial charge in [-0.3, -0.25) is 10.1 Å². The third-order valence-electron chi connectivity index (χ3n) is 5.69. The van der Waals surface area contributed by atoms with E-state index < -0.39 is 18.0 Å². The number of fused-ring (bicyclic) bond motifs is 1. The first-order chi connectivity index (χ1) is 13.9. The molecule has 9 heteroatoms. The number of nitrogens with one attached hydrogen (secondary N) is 1. The van der Waals surface area contributed by atoms with Crippen LogP contribution >= 0.6 is 0 Å². The molecular formula is C20H23F2N5O2. The molecule has 1 fully saturated rings. The number of aromatic nitrogens is 4. The average Bonchev–Trinajstić information content (AvgIpc) is 3.32. The molecule has 1 N–H and O–H groups in total. The number of carbonyl (C=O) groups excluding carboxylic acids is 1. The first-order valence-electron chi connectivity index (χ1n) is 9.82. The van der Waals surface area contributed by atoms with Crippen LogP contribution in [0.15, 0.2) is 29.1 Å². The molecule has 1 aliphatic rings. The number of anilines is 1. The number of halogens is 2. The fourth-order valence-corrected chi connectivity index (χ4v) is 3.95. The Kier molecular flexibility index (Phi) is 5.29. The highest BCUT2D eigenvalue weighted by atomic mass is 19.3. The minimum Gasteiger partial charge on any atom is -0.424 e. The molecule has 0 bridgehead atoms. The van der Waals surface area contributed by atoms with Gasteiger partial charge in [0.1, 0.15) is 5.56 Å². The zero-order valence-corrected chi connectivity index (χ0v) is 16.3. The van der Waals surface area contributed by atoms with E-state index in [-0.39, 0.29) is 23.3 Å². The Balaban J connectivity index is 1.55. The summed E-state index contributed by atoms with van der Waals surface area (Å²) in [6.45, 7) is 4.40. The maximum Gasteiger partial charge on any atom is 0.285 e. The molecule has 0 saturated heterocycles. The Morgan fingerprint density at radius 3 is 2.72 bits per heavy atom. The van der Waals surface area contributed by atoms with Gasteiger partial charge in [-0.2, -0.15) is 5.10 Å². The van der Waals surface area contributed by atoms with E-state index in [4.69, 9.17) is 4.42 Å². The third kappa shape index (κ3) is 3.86. The van der Waals surface area contributed by atoms with E-state index in [1.165, 1.54) is 16.9 Å². The number of carbonyl (C=O) groups is 1. The molecule has 1 aliphatic carbocycles. The summed E-state index contributed by atoms with van der Waals surface area (Å²) in [6, 6.07) is 1.67. The second kappa shape index (κ2) is 7.88. The summed E-state index contributed by atoms with van der Waals surface area (Å²) in [6.07, 6.45) is 5.38. The van der Waals surface area contributed by atoms with Crippen molar-refractivity contribution in [2.24, 2.45) is 11.8 Å². The molecule has 154 valence electrons. The van der Waals surface area contributed by atoms with Crippen LogP contribution in [0.5, 0.6) is 0 Å². The average molecular weight is 403 g/mol. The molecule has 0 spiro atoms. The van der Waals surface area contributed by atoms with Crippen LogP contribution in [-0.2, 0) is 0 Å². The number of alkyl halides is 2. The minimum absolute atomic E-state index is 0.00760. The molecule has 0 aromatic carbocycles. The van der Waals surface area contributed by atoms with E-state index in [0.717, 1.165) is 25.7 Å². The fourth-order valence-electron chi connectivity index (χ4n) is 3.95. The van der Waals surface area contributed by atoms with Crippen molar-refractivity contribution in [2.45, 2.75) is 51.9 Å². The molecule has 3 aromatic rings. The third-order valence-corrected chi connectivity index (χ3v) is 5.69. The molecule has 0 aliphatic heterocycles. The molecule has 4 rings (SSSR count). The van der Waals surface area contributed by atoms with Gasteiger partial charge in [-0.15, -0.1) is 0 Å². The van der Waals surface area contributed by atoms with Crippen molar-refractivity contribution in [1.29, 1.82) is 0 Å². The van der Waals surface area contributed by atoms with Gasteiger partial charge in [0.2, 0.25) is 5.88 Å². The lowest BCUT2D eigenvalue weighted by atomic mass is 9.77. The van der Waals surface area contributed by atoms with E-state index in [0.29, 0.717) is 17.5 Å². The Bertz CT molecular complexity index is 1010. The van der Waals surface area contributed by atoms with Gasteiger partial charge < -0.3 is 4.42 Å². The molecule has 1 saturated carbocycles. The predicted octanol–water partition coefficient (Wildman–Crippen LogP) is 4.84. The van der Waals surface area contributed by atoms with Crippen LogP contribution < -0.4 is 5.32 Å². The highest BCUT2D eigenvalue weighted by molar-refractivity contribution is 6.07. The monoisotopic (exact) mass is 403 g/mol. The number of hydrogen-bond donors (Lipinski definition) is 1. The summed E-state index contributed by atoms with van der Waals surface area (Å²) < 4.78 is 34.1. The van der Waals surface area contributed by atoms with E-state index in [9.17, 15) is 13.6 Å². The topological polar surface area (TPSA) is 85.3 Å². The molecule has 1 amide bonds. The predicted molar refractivity (Wildman–Crippen MR) is 102 cm³/mol. The van der Waals surface area contributed by atoms with Gasteiger partial charge in [-0.05, 0) is 43.6 Å². The lowest BCUT2D eigenvalue weighted by Gasteiger charge is -2.29. The first-order valence-corrected chi connectivity index (χ1v) is 9.82. The Morgan fingerprint density at radius 2 is 2.03 bits per heavy atom. The molecule has 0 atom stereocenters. The smallest absolute Gasteiger partial charge is 0.285 e. The Morgan fingerprint density at radius 1 is 1.28 bits per heavy atom. The van der Waals surface area contributed by atoms with Gasteiger partial charge in [0, 0.05) is 18.3 Å². The maximum atomic E-state index is 13.5. The van der Waals surface area contributed by atoms with Gasteiger partial charge in [0.15, 0.2) is 17.2 Å².